The van der Waals surface area contributed by atoms with Gasteiger partial charge in [-0.15, -0.1) is 0 Å². The number of carboxylic acid groups (broad SMARTS) is 1. The molecule has 1 aromatic carbocycles. The lowest BCUT2D eigenvalue weighted by atomic mass is 10.0. The number of hydrogen-bond donors (Lipinski definition) is 1. The number of carbonyl (C=O) groups is 2. The van der Waals surface area contributed by atoms with Gasteiger partial charge in [-0.1, -0.05) is 0 Å². The minimum atomic E-state index is -0.930. The quantitative estimate of drug-likeness (QED) is 0.810. The molecule has 1 amide bonds. The number of carbonyl (C=O) groups excluding carboxylic acids is 1. The number of likely N-dealkylation sites (tertiary alicyclic amines) is 1. The molecule has 7 heteroatoms. The summed E-state index contributed by atoms with van der Waals surface area (Å²) in [7, 11) is 4.61. The minimum Gasteiger partial charge on any atom is -0.493 e. The second-order valence-electron chi connectivity index (χ2n) is 5.97. The second kappa shape index (κ2) is 8.60. The molecule has 138 valence electrons. The van der Waals surface area contributed by atoms with Gasteiger partial charge in [0.2, 0.25) is 11.7 Å². The van der Waals surface area contributed by atoms with Gasteiger partial charge < -0.3 is 24.2 Å². The van der Waals surface area contributed by atoms with Gasteiger partial charge in [-0.2, -0.15) is 0 Å². The number of amides is 1. The van der Waals surface area contributed by atoms with Crippen molar-refractivity contribution < 1.29 is 28.9 Å². The number of hydrogen-bond acceptors (Lipinski definition) is 5. The van der Waals surface area contributed by atoms with Gasteiger partial charge in [0.1, 0.15) is 6.04 Å². The molecule has 25 heavy (non-hydrogen) atoms. The Morgan fingerprint density at radius 1 is 1.12 bits per heavy atom. The first-order valence-electron chi connectivity index (χ1n) is 8.33. The van der Waals surface area contributed by atoms with Crippen LogP contribution in [0.2, 0.25) is 0 Å². The zero-order chi connectivity index (χ0) is 18.4. The van der Waals surface area contributed by atoms with Crippen LogP contribution in [-0.4, -0.2) is 55.8 Å². The number of nitrogens with zero attached hydrogens (tertiary/aromatic N) is 1. The largest absolute Gasteiger partial charge is 0.493 e. The van der Waals surface area contributed by atoms with Crippen LogP contribution in [0.15, 0.2) is 12.1 Å². The molecule has 0 radical (unpaired) electrons. The molecule has 1 aliphatic rings. The normalized spacial score (nSPS) is 17.1. The third kappa shape index (κ3) is 4.35. The van der Waals surface area contributed by atoms with Gasteiger partial charge in [0.05, 0.1) is 21.3 Å². The van der Waals surface area contributed by atoms with Gasteiger partial charge >= 0.3 is 5.97 Å². The van der Waals surface area contributed by atoms with Crippen molar-refractivity contribution in [1.82, 2.24) is 4.90 Å². The van der Waals surface area contributed by atoms with Crippen molar-refractivity contribution in [2.75, 3.05) is 27.9 Å². The highest BCUT2D eigenvalue weighted by Gasteiger charge is 2.31. The minimum absolute atomic E-state index is 0.138. The zero-order valence-corrected chi connectivity index (χ0v) is 14.9. The molecule has 1 atom stereocenters. The number of carboxylic acids is 1. The van der Waals surface area contributed by atoms with Crippen molar-refractivity contribution in [2.24, 2.45) is 0 Å². The monoisotopic (exact) mass is 351 g/mol. The summed E-state index contributed by atoms with van der Waals surface area (Å²) in [6.07, 6.45) is 2.92. The third-order valence-electron chi connectivity index (χ3n) is 4.46. The van der Waals surface area contributed by atoms with Crippen molar-refractivity contribution >= 4 is 11.9 Å². The van der Waals surface area contributed by atoms with E-state index in [-0.39, 0.29) is 12.3 Å². The molecule has 1 fully saturated rings. The summed E-state index contributed by atoms with van der Waals surface area (Å²) in [6, 6.07) is 2.90. The van der Waals surface area contributed by atoms with Gasteiger partial charge in [-0.05, 0) is 43.4 Å². The molecule has 1 heterocycles. The standard InChI is InChI=1S/C18H25NO6/c1-23-14-10-12(11-15(24-2)17(14)25-3)7-8-16(20)19-9-5-4-6-13(19)18(21)22/h10-11,13H,4-9H2,1-3H3,(H,21,22). The topological polar surface area (TPSA) is 85.3 Å². The maximum Gasteiger partial charge on any atom is 0.326 e. The van der Waals surface area contributed by atoms with E-state index >= 15 is 0 Å². The average Bonchev–Trinajstić information content (AvgIpc) is 2.64. The van der Waals surface area contributed by atoms with Crippen LogP contribution in [0.25, 0.3) is 0 Å². The SMILES string of the molecule is COc1cc(CCC(=O)N2CCCCC2C(=O)O)cc(OC)c1OC. The number of aliphatic carboxylic acids is 1. The second-order valence-corrected chi connectivity index (χ2v) is 5.97. The Labute approximate surface area is 147 Å². The molecule has 2 rings (SSSR count). The fourth-order valence-electron chi connectivity index (χ4n) is 3.16. The highest BCUT2D eigenvalue weighted by Crippen LogP contribution is 2.38. The number of rotatable bonds is 7. The number of piperidine rings is 1. The highest BCUT2D eigenvalue weighted by molar-refractivity contribution is 5.84. The average molecular weight is 351 g/mol. The molecule has 1 aliphatic heterocycles. The van der Waals surface area contributed by atoms with Crippen molar-refractivity contribution in [3.63, 3.8) is 0 Å². The summed E-state index contributed by atoms with van der Waals surface area (Å²) >= 11 is 0. The van der Waals surface area contributed by atoms with Crippen LogP contribution in [0.4, 0.5) is 0 Å². The zero-order valence-electron chi connectivity index (χ0n) is 14.9. The molecule has 1 unspecified atom stereocenters. The van der Waals surface area contributed by atoms with Gasteiger partial charge in [0.25, 0.3) is 0 Å². The van der Waals surface area contributed by atoms with Crippen LogP contribution in [0, 0.1) is 0 Å². The summed E-state index contributed by atoms with van der Waals surface area (Å²) in [5, 5.41) is 9.30. The molecule has 7 nitrogen and oxygen atoms in total. The molecule has 0 bridgehead atoms. The van der Waals surface area contributed by atoms with Crippen LogP contribution >= 0.6 is 0 Å². The number of ether oxygens (including phenoxy) is 3. The Balaban J connectivity index is 2.09. The van der Waals surface area contributed by atoms with E-state index in [1.165, 1.54) is 26.2 Å². The van der Waals surface area contributed by atoms with E-state index in [2.05, 4.69) is 0 Å². The van der Waals surface area contributed by atoms with E-state index in [1.807, 2.05) is 0 Å². The molecular weight excluding hydrogens is 326 g/mol. The maximum atomic E-state index is 12.5. The Kier molecular flexibility index (Phi) is 6.50. The summed E-state index contributed by atoms with van der Waals surface area (Å²) in [6.45, 7) is 0.505. The van der Waals surface area contributed by atoms with Gasteiger partial charge in [0, 0.05) is 13.0 Å². The van der Waals surface area contributed by atoms with Gasteiger partial charge in [0.15, 0.2) is 11.5 Å². The van der Waals surface area contributed by atoms with Crippen molar-refractivity contribution in [3.8, 4) is 17.2 Å². The van der Waals surface area contributed by atoms with Crippen molar-refractivity contribution in [1.29, 1.82) is 0 Å². The molecular formula is C18H25NO6. The van der Waals surface area contributed by atoms with Crippen LogP contribution < -0.4 is 14.2 Å². The number of aryl methyl sites for hydroxylation is 1. The Morgan fingerprint density at radius 3 is 2.28 bits per heavy atom. The predicted molar refractivity (Wildman–Crippen MR) is 91.4 cm³/mol. The van der Waals surface area contributed by atoms with Gasteiger partial charge in [-0.3, -0.25) is 4.79 Å². The third-order valence-corrected chi connectivity index (χ3v) is 4.46. The van der Waals surface area contributed by atoms with E-state index in [0.717, 1.165) is 18.4 Å². The Hall–Kier alpha value is -2.44. The van der Waals surface area contributed by atoms with Crippen LogP contribution in [0.5, 0.6) is 17.2 Å². The summed E-state index contributed by atoms with van der Waals surface area (Å²) < 4.78 is 15.9. The van der Waals surface area contributed by atoms with Gasteiger partial charge in [-0.25, -0.2) is 4.79 Å². The fraction of sp³-hybridized carbons (Fsp3) is 0.556. The van der Waals surface area contributed by atoms with E-state index in [1.54, 1.807) is 12.1 Å². The summed E-state index contributed by atoms with van der Waals surface area (Å²) in [5.41, 5.74) is 0.867. The molecule has 0 aromatic heterocycles. The van der Waals surface area contributed by atoms with E-state index in [4.69, 9.17) is 14.2 Å². The lowest BCUT2D eigenvalue weighted by Gasteiger charge is -2.33. The van der Waals surface area contributed by atoms with Crippen LogP contribution in [-0.2, 0) is 16.0 Å². The number of methoxy groups -OCH3 is 3. The van der Waals surface area contributed by atoms with Crippen LogP contribution in [0.1, 0.15) is 31.2 Å². The molecule has 1 aromatic rings. The Morgan fingerprint density at radius 2 is 1.76 bits per heavy atom. The summed E-state index contributed by atoms with van der Waals surface area (Å²) in [5.74, 6) is 0.500. The van der Waals surface area contributed by atoms with Crippen LogP contribution in [0.3, 0.4) is 0 Å². The molecule has 0 saturated carbocycles. The predicted octanol–water partition coefficient (Wildman–Crippen LogP) is 2.11. The molecule has 0 spiro atoms. The van der Waals surface area contributed by atoms with E-state index in [0.29, 0.717) is 36.6 Å². The highest BCUT2D eigenvalue weighted by atomic mass is 16.5. The lowest BCUT2D eigenvalue weighted by molar-refractivity contribution is -0.152. The molecule has 0 aliphatic carbocycles. The molecule has 1 saturated heterocycles. The first-order chi connectivity index (χ1) is 12.0. The first-order valence-corrected chi connectivity index (χ1v) is 8.33. The first kappa shape index (κ1) is 18.9. The maximum absolute atomic E-state index is 12.5. The fourth-order valence-corrected chi connectivity index (χ4v) is 3.16. The molecule has 1 N–H and O–H groups in total. The lowest BCUT2D eigenvalue weighted by Crippen LogP contribution is -2.48. The van der Waals surface area contributed by atoms with E-state index in [9.17, 15) is 14.7 Å². The Bertz CT molecular complexity index is 605. The number of benzene rings is 1. The van der Waals surface area contributed by atoms with E-state index < -0.39 is 12.0 Å². The smallest absolute Gasteiger partial charge is 0.326 e. The van der Waals surface area contributed by atoms with Crippen molar-refractivity contribution in [2.45, 2.75) is 38.1 Å². The van der Waals surface area contributed by atoms with Crippen molar-refractivity contribution in [3.05, 3.63) is 17.7 Å². The summed E-state index contributed by atoms with van der Waals surface area (Å²) in [4.78, 5) is 25.3.